The van der Waals surface area contributed by atoms with Gasteiger partial charge in [0.05, 0.1) is 26.4 Å². The van der Waals surface area contributed by atoms with Crippen molar-refractivity contribution in [2.75, 3.05) is 39.6 Å². The molecule has 0 saturated heterocycles. The standard InChI is InChI=1S/C18H22ClN3O3S/c1-21(9-13-6-7-26-12-13)11-18(24)22(2)10-17(23)20-15-8-14(19)4-5-16(15)25-3/h4-8,12H,9-11H2,1-3H3,(H,20,23)/p+1. The average molecular weight is 397 g/mol. The number of methoxy groups -OCH3 is 1. The molecule has 0 spiro atoms. The number of nitrogens with zero attached hydrogens (tertiary/aromatic N) is 1. The number of carbonyl (C=O) groups excluding carboxylic acids is 2. The van der Waals surface area contributed by atoms with Crippen LogP contribution in [0.1, 0.15) is 5.56 Å². The molecule has 2 aromatic rings. The molecule has 6 nitrogen and oxygen atoms in total. The number of quaternary nitrogens is 1. The quantitative estimate of drug-likeness (QED) is 0.711. The van der Waals surface area contributed by atoms with E-state index in [1.165, 1.54) is 17.6 Å². The monoisotopic (exact) mass is 396 g/mol. The number of hydrogen-bond acceptors (Lipinski definition) is 4. The van der Waals surface area contributed by atoms with Gasteiger partial charge in [0, 0.05) is 17.6 Å². The van der Waals surface area contributed by atoms with Gasteiger partial charge in [0.25, 0.3) is 5.91 Å². The molecule has 0 aliphatic rings. The lowest BCUT2D eigenvalue weighted by molar-refractivity contribution is -0.885. The van der Waals surface area contributed by atoms with Crippen molar-refractivity contribution in [1.82, 2.24) is 4.90 Å². The first-order valence-electron chi connectivity index (χ1n) is 8.08. The Bertz CT molecular complexity index is 752. The van der Waals surface area contributed by atoms with Crippen molar-refractivity contribution in [3.63, 3.8) is 0 Å². The van der Waals surface area contributed by atoms with Gasteiger partial charge < -0.3 is 19.9 Å². The van der Waals surface area contributed by atoms with Crippen LogP contribution in [0, 0.1) is 0 Å². The van der Waals surface area contributed by atoms with Gasteiger partial charge in [-0.05, 0) is 35.0 Å². The van der Waals surface area contributed by atoms with Gasteiger partial charge in [0.2, 0.25) is 5.91 Å². The second-order valence-electron chi connectivity index (χ2n) is 6.08. The number of amides is 2. The fourth-order valence-corrected chi connectivity index (χ4v) is 3.31. The fraction of sp³-hybridized carbons (Fsp3) is 0.333. The molecule has 0 saturated carbocycles. The van der Waals surface area contributed by atoms with E-state index in [-0.39, 0.29) is 18.4 Å². The summed E-state index contributed by atoms with van der Waals surface area (Å²) in [5, 5.41) is 7.31. The number of benzene rings is 1. The summed E-state index contributed by atoms with van der Waals surface area (Å²) in [6.45, 7) is 1.05. The zero-order chi connectivity index (χ0) is 19.1. The van der Waals surface area contributed by atoms with Crippen LogP contribution in [0.25, 0.3) is 0 Å². The van der Waals surface area contributed by atoms with Crippen LogP contribution < -0.4 is 15.0 Å². The van der Waals surface area contributed by atoms with Crippen LogP contribution in [0.4, 0.5) is 5.69 Å². The topological polar surface area (TPSA) is 63.1 Å². The third-order valence-electron chi connectivity index (χ3n) is 3.78. The van der Waals surface area contributed by atoms with E-state index in [1.54, 1.807) is 36.6 Å². The Kier molecular flexibility index (Phi) is 7.44. The summed E-state index contributed by atoms with van der Waals surface area (Å²) in [7, 11) is 5.09. The summed E-state index contributed by atoms with van der Waals surface area (Å²) in [4.78, 5) is 27.1. The highest BCUT2D eigenvalue weighted by Gasteiger charge is 2.18. The molecule has 1 atom stereocenters. The molecule has 0 radical (unpaired) electrons. The molecule has 1 heterocycles. The minimum Gasteiger partial charge on any atom is -0.495 e. The van der Waals surface area contributed by atoms with Crippen LogP contribution in [-0.2, 0) is 16.1 Å². The second-order valence-corrected chi connectivity index (χ2v) is 7.30. The predicted octanol–water partition coefficient (Wildman–Crippen LogP) is 1.52. The van der Waals surface area contributed by atoms with E-state index in [0.717, 1.165) is 11.4 Å². The predicted molar refractivity (Wildman–Crippen MR) is 104 cm³/mol. The number of hydrogen-bond donors (Lipinski definition) is 2. The van der Waals surface area contributed by atoms with Gasteiger partial charge in [-0.2, -0.15) is 11.3 Å². The van der Waals surface area contributed by atoms with Crippen molar-refractivity contribution in [2.24, 2.45) is 0 Å². The first-order valence-corrected chi connectivity index (χ1v) is 9.41. The molecule has 0 bridgehead atoms. The highest BCUT2D eigenvalue weighted by molar-refractivity contribution is 7.07. The van der Waals surface area contributed by atoms with Gasteiger partial charge in [0.1, 0.15) is 12.3 Å². The molecule has 2 rings (SSSR count). The SMILES string of the molecule is COc1ccc(Cl)cc1NC(=O)CN(C)C(=O)C[NH+](C)Cc1ccsc1. The zero-order valence-corrected chi connectivity index (χ0v) is 16.6. The van der Waals surface area contributed by atoms with Crippen molar-refractivity contribution < 1.29 is 19.2 Å². The molecule has 1 aromatic heterocycles. The maximum atomic E-state index is 12.3. The summed E-state index contributed by atoms with van der Waals surface area (Å²) < 4.78 is 5.20. The van der Waals surface area contributed by atoms with Crippen LogP contribution in [-0.4, -0.2) is 51.0 Å². The third kappa shape index (κ3) is 6.01. The number of halogens is 1. The van der Waals surface area contributed by atoms with E-state index in [1.807, 2.05) is 18.5 Å². The van der Waals surface area contributed by atoms with E-state index in [9.17, 15) is 9.59 Å². The van der Waals surface area contributed by atoms with Crippen LogP contribution >= 0.6 is 22.9 Å². The lowest BCUT2D eigenvalue weighted by Crippen LogP contribution is -3.08. The summed E-state index contributed by atoms with van der Waals surface area (Å²) in [5.74, 6) is 0.111. The Morgan fingerprint density at radius 2 is 2.12 bits per heavy atom. The van der Waals surface area contributed by atoms with E-state index < -0.39 is 0 Å². The van der Waals surface area contributed by atoms with E-state index >= 15 is 0 Å². The van der Waals surface area contributed by atoms with Gasteiger partial charge in [-0.15, -0.1) is 0 Å². The van der Waals surface area contributed by atoms with Crippen molar-refractivity contribution in [2.45, 2.75) is 6.54 Å². The van der Waals surface area contributed by atoms with Crippen molar-refractivity contribution >= 4 is 40.4 Å². The number of anilines is 1. The maximum Gasteiger partial charge on any atom is 0.277 e. The molecule has 0 fully saturated rings. The zero-order valence-electron chi connectivity index (χ0n) is 15.0. The molecule has 2 N–H and O–H groups in total. The number of ether oxygens (including phenoxy) is 1. The Labute approximate surface area is 162 Å². The number of thiophene rings is 1. The number of rotatable bonds is 8. The summed E-state index contributed by atoms with van der Waals surface area (Å²) in [6, 6.07) is 7.01. The lowest BCUT2D eigenvalue weighted by atomic mass is 10.3. The Morgan fingerprint density at radius 3 is 2.77 bits per heavy atom. The van der Waals surface area contributed by atoms with Gasteiger partial charge >= 0.3 is 0 Å². The highest BCUT2D eigenvalue weighted by atomic mass is 35.5. The molecule has 2 amide bonds. The van der Waals surface area contributed by atoms with Crippen molar-refractivity contribution in [3.05, 3.63) is 45.6 Å². The second kappa shape index (κ2) is 9.56. The summed E-state index contributed by atoms with van der Waals surface area (Å²) >= 11 is 7.59. The van der Waals surface area contributed by atoms with Crippen molar-refractivity contribution in [1.29, 1.82) is 0 Å². The van der Waals surface area contributed by atoms with E-state index in [0.29, 0.717) is 23.0 Å². The van der Waals surface area contributed by atoms with Gasteiger partial charge in [-0.25, -0.2) is 0 Å². The highest BCUT2D eigenvalue weighted by Crippen LogP contribution is 2.27. The van der Waals surface area contributed by atoms with Crippen LogP contribution in [0.3, 0.4) is 0 Å². The minimum absolute atomic E-state index is 0.0414. The molecule has 0 aliphatic heterocycles. The Hall–Kier alpha value is -2.09. The smallest absolute Gasteiger partial charge is 0.277 e. The molecular formula is C18H23ClN3O3S+. The van der Waals surface area contributed by atoms with Gasteiger partial charge in [-0.3, -0.25) is 9.59 Å². The number of carbonyl (C=O) groups is 2. The molecule has 1 aromatic carbocycles. The van der Waals surface area contributed by atoms with Crippen LogP contribution in [0.2, 0.25) is 5.02 Å². The average Bonchev–Trinajstić information content (AvgIpc) is 3.07. The molecule has 1 unspecified atom stereocenters. The maximum absolute atomic E-state index is 12.3. The number of likely N-dealkylation sites (N-methyl/N-ethyl adjacent to an activating group) is 2. The molecule has 26 heavy (non-hydrogen) atoms. The lowest BCUT2D eigenvalue weighted by Gasteiger charge is -2.20. The first-order chi connectivity index (χ1) is 12.4. The fourth-order valence-electron chi connectivity index (χ4n) is 2.47. The number of nitrogens with one attached hydrogen (secondary N) is 2. The molecule has 0 aliphatic carbocycles. The summed E-state index contributed by atoms with van der Waals surface area (Å²) in [5.41, 5.74) is 1.68. The Morgan fingerprint density at radius 1 is 1.35 bits per heavy atom. The van der Waals surface area contributed by atoms with E-state index in [4.69, 9.17) is 16.3 Å². The van der Waals surface area contributed by atoms with E-state index in [2.05, 4.69) is 10.7 Å². The largest absolute Gasteiger partial charge is 0.495 e. The Balaban J connectivity index is 1.86. The molecule has 8 heteroatoms. The van der Waals surface area contributed by atoms with Gasteiger partial charge in [-0.1, -0.05) is 11.6 Å². The van der Waals surface area contributed by atoms with Crippen LogP contribution in [0.15, 0.2) is 35.0 Å². The normalized spacial score (nSPS) is 11.7. The third-order valence-corrected chi connectivity index (χ3v) is 4.75. The van der Waals surface area contributed by atoms with Gasteiger partial charge in [0.15, 0.2) is 6.54 Å². The minimum atomic E-state index is -0.308. The summed E-state index contributed by atoms with van der Waals surface area (Å²) in [6.07, 6.45) is 0. The molecular weight excluding hydrogens is 374 g/mol. The van der Waals surface area contributed by atoms with Crippen LogP contribution in [0.5, 0.6) is 5.75 Å². The van der Waals surface area contributed by atoms with Crippen molar-refractivity contribution in [3.8, 4) is 5.75 Å². The molecule has 140 valence electrons. The first kappa shape index (κ1) is 20.2.